The molecule has 1 aliphatic rings. The lowest BCUT2D eigenvalue weighted by atomic mass is 9.94. The molecule has 5 nitrogen and oxygen atoms in total. The largest absolute Gasteiger partial charge is 0.339 e. The molecular weight excluding hydrogens is 449 g/mol. The van der Waals surface area contributed by atoms with Gasteiger partial charge in [-0.05, 0) is 77.2 Å². The number of pyridine rings is 2. The Kier molecular flexibility index (Phi) is 5.66. The number of rotatable bonds is 5. The van der Waals surface area contributed by atoms with Crippen LogP contribution >= 0.6 is 0 Å². The molecule has 0 radical (unpaired) electrons. The lowest BCUT2D eigenvalue weighted by Gasteiger charge is -2.27. The van der Waals surface area contributed by atoms with Crippen molar-refractivity contribution in [1.29, 1.82) is 0 Å². The number of hydrogen-bond donors (Lipinski definition) is 3. The van der Waals surface area contributed by atoms with Gasteiger partial charge in [-0.1, -0.05) is 30.8 Å². The van der Waals surface area contributed by atoms with Crippen LogP contribution in [0.15, 0.2) is 103 Å². The van der Waals surface area contributed by atoms with E-state index in [9.17, 15) is 4.39 Å². The lowest BCUT2D eigenvalue weighted by molar-refractivity contribution is 0.535. The zero-order chi connectivity index (χ0) is 24.5. The predicted octanol–water partition coefficient (Wildman–Crippen LogP) is 6.23. The van der Waals surface area contributed by atoms with Crippen molar-refractivity contribution in [1.82, 2.24) is 20.3 Å². The van der Waals surface area contributed by atoms with Gasteiger partial charge in [0.2, 0.25) is 0 Å². The zero-order valence-electron chi connectivity index (χ0n) is 19.6. The van der Waals surface area contributed by atoms with Crippen molar-refractivity contribution in [3.05, 3.63) is 120 Å². The number of halogens is 1. The van der Waals surface area contributed by atoms with Crippen molar-refractivity contribution in [2.24, 2.45) is 0 Å². The maximum atomic E-state index is 13.6. The molecule has 0 fully saturated rings. The summed E-state index contributed by atoms with van der Waals surface area (Å²) >= 11 is 0. The first-order valence-corrected chi connectivity index (χ1v) is 11.9. The van der Waals surface area contributed by atoms with Gasteiger partial charge in [0.05, 0.1) is 17.4 Å². The second-order valence-electron chi connectivity index (χ2n) is 8.83. The third-order valence-electron chi connectivity index (χ3n) is 6.64. The maximum Gasteiger partial charge on any atom is 0.140 e. The summed E-state index contributed by atoms with van der Waals surface area (Å²) in [4.78, 5) is 12.5. The summed E-state index contributed by atoms with van der Waals surface area (Å²) in [5, 5.41) is 7.97. The van der Waals surface area contributed by atoms with Crippen molar-refractivity contribution in [2.45, 2.75) is 19.0 Å². The fraction of sp³-hybridized carbons (Fsp3) is 0.100. The highest BCUT2D eigenvalue weighted by atomic mass is 19.1. The molecule has 0 saturated heterocycles. The summed E-state index contributed by atoms with van der Waals surface area (Å²) in [5.74, 6) is 0.426. The molecule has 0 bridgehead atoms. The van der Waals surface area contributed by atoms with Gasteiger partial charge < -0.3 is 15.6 Å². The van der Waals surface area contributed by atoms with E-state index in [1.165, 1.54) is 23.3 Å². The Bertz CT molecular complexity index is 1600. The van der Waals surface area contributed by atoms with E-state index in [-0.39, 0.29) is 11.9 Å². The summed E-state index contributed by atoms with van der Waals surface area (Å²) in [6.07, 6.45) is 4.39. The van der Waals surface area contributed by atoms with Crippen molar-refractivity contribution < 1.29 is 4.39 Å². The molecule has 4 heterocycles. The van der Waals surface area contributed by atoms with E-state index in [0.717, 1.165) is 52.1 Å². The number of nitrogens with zero attached hydrogens (tertiary/aromatic N) is 2. The normalized spacial score (nSPS) is 14.8. The van der Waals surface area contributed by atoms with Crippen LogP contribution in [0.4, 0.5) is 10.2 Å². The van der Waals surface area contributed by atoms with Crippen molar-refractivity contribution in [3.63, 3.8) is 0 Å². The Labute approximate surface area is 208 Å². The molecule has 0 unspecified atom stereocenters. The van der Waals surface area contributed by atoms with Crippen LogP contribution in [0.1, 0.15) is 11.1 Å². The van der Waals surface area contributed by atoms with Gasteiger partial charge in [-0.25, -0.2) is 9.37 Å². The van der Waals surface area contributed by atoms with E-state index in [4.69, 9.17) is 4.98 Å². The molecule has 3 N–H and O–H groups in total. The van der Waals surface area contributed by atoms with Crippen LogP contribution in [-0.2, 0) is 13.0 Å². The minimum Gasteiger partial charge on any atom is -0.339 e. The minimum atomic E-state index is -0.271. The molecule has 5 aromatic rings. The van der Waals surface area contributed by atoms with Gasteiger partial charge >= 0.3 is 0 Å². The summed E-state index contributed by atoms with van der Waals surface area (Å²) in [6.45, 7) is 4.72. The van der Waals surface area contributed by atoms with Crippen LogP contribution < -0.4 is 10.6 Å². The number of fused-ring (bicyclic) bond motifs is 2. The molecule has 0 spiro atoms. The number of H-pyrrole nitrogens is 1. The van der Waals surface area contributed by atoms with Gasteiger partial charge in [0.15, 0.2) is 0 Å². The molecule has 36 heavy (non-hydrogen) atoms. The first-order valence-electron chi connectivity index (χ1n) is 11.9. The van der Waals surface area contributed by atoms with Gasteiger partial charge in [0, 0.05) is 29.9 Å². The molecular formula is C30H24FN5. The van der Waals surface area contributed by atoms with E-state index in [0.29, 0.717) is 5.82 Å². The number of benzene rings is 2. The van der Waals surface area contributed by atoms with E-state index in [1.54, 1.807) is 24.5 Å². The molecule has 2 aromatic carbocycles. The van der Waals surface area contributed by atoms with E-state index < -0.39 is 0 Å². The fourth-order valence-corrected chi connectivity index (χ4v) is 4.84. The molecule has 176 valence electrons. The van der Waals surface area contributed by atoms with E-state index >= 15 is 0 Å². The van der Waals surface area contributed by atoms with Crippen molar-refractivity contribution >= 4 is 16.9 Å². The van der Waals surface area contributed by atoms with Crippen LogP contribution in [0.3, 0.4) is 0 Å². The molecule has 0 aliphatic carbocycles. The number of nitrogens with one attached hydrogen (secondary N) is 3. The Balaban J connectivity index is 1.36. The first kappa shape index (κ1) is 22.0. The summed E-state index contributed by atoms with van der Waals surface area (Å²) in [6, 6.07) is 23.0. The number of anilines is 1. The van der Waals surface area contributed by atoms with Crippen LogP contribution in [0.25, 0.3) is 33.4 Å². The first-order chi connectivity index (χ1) is 17.7. The molecule has 3 aromatic heterocycles. The molecule has 0 amide bonds. The standard InChI is InChI=1S/C30H24FN5/c1-2-25(26-17-21-5-3-4-6-22(21)18-33-26)34-27-12-11-24-28(19-13-15-32-16-14-19)29(36-30(24)35-27)20-7-9-23(31)10-8-20/h3-16,26,33H,1,17-18H2,(H2,34,35,36)/t26-/m0/s1. The number of hydrogen-bond acceptors (Lipinski definition) is 4. The zero-order valence-corrected chi connectivity index (χ0v) is 19.6. The van der Waals surface area contributed by atoms with Gasteiger partial charge in [0.1, 0.15) is 17.3 Å². The molecule has 0 saturated carbocycles. The number of aromatic amines is 1. The van der Waals surface area contributed by atoms with Crippen LogP contribution in [0.2, 0.25) is 0 Å². The van der Waals surface area contributed by atoms with Gasteiger partial charge in [-0.15, -0.1) is 5.73 Å². The lowest BCUT2D eigenvalue weighted by Crippen LogP contribution is -2.38. The Morgan fingerprint density at radius 2 is 1.72 bits per heavy atom. The average Bonchev–Trinajstić information content (AvgIpc) is 3.31. The Morgan fingerprint density at radius 3 is 2.50 bits per heavy atom. The third-order valence-corrected chi connectivity index (χ3v) is 6.64. The van der Waals surface area contributed by atoms with Crippen LogP contribution in [0.5, 0.6) is 0 Å². The Morgan fingerprint density at radius 1 is 0.944 bits per heavy atom. The third kappa shape index (κ3) is 4.09. The van der Waals surface area contributed by atoms with Gasteiger partial charge in [0.25, 0.3) is 0 Å². The topological polar surface area (TPSA) is 65.6 Å². The predicted molar refractivity (Wildman–Crippen MR) is 142 cm³/mol. The molecule has 6 rings (SSSR count). The molecule has 1 aliphatic heterocycles. The maximum absolute atomic E-state index is 13.6. The SMILES string of the molecule is C=C=C(Nc1ccc2c(-c3ccncc3)c(-c3ccc(F)cc3)[nH]c2n1)[C@@H]1Cc2ccccc2CN1. The van der Waals surface area contributed by atoms with Crippen molar-refractivity contribution in [3.8, 4) is 22.4 Å². The van der Waals surface area contributed by atoms with Crippen LogP contribution in [-0.4, -0.2) is 21.0 Å². The average molecular weight is 474 g/mol. The Hall–Kier alpha value is -4.51. The molecule has 1 atom stereocenters. The van der Waals surface area contributed by atoms with E-state index in [2.05, 4.69) is 57.2 Å². The minimum absolute atomic E-state index is 0.0701. The fourth-order valence-electron chi connectivity index (χ4n) is 4.84. The number of aromatic nitrogens is 3. The van der Waals surface area contributed by atoms with E-state index in [1.807, 2.05) is 24.3 Å². The monoisotopic (exact) mass is 473 g/mol. The van der Waals surface area contributed by atoms with Crippen LogP contribution in [0, 0.1) is 5.82 Å². The summed E-state index contributed by atoms with van der Waals surface area (Å²) < 4.78 is 13.6. The quantitative estimate of drug-likeness (QED) is 0.265. The highest BCUT2D eigenvalue weighted by Gasteiger charge is 2.22. The second kappa shape index (κ2) is 9.27. The summed E-state index contributed by atoms with van der Waals surface area (Å²) in [7, 11) is 0. The van der Waals surface area contributed by atoms with Crippen molar-refractivity contribution in [2.75, 3.05) is 5.32 Å². The van der Waals surface area contributed by atoms with Gasteiger partial charge in [-0.2, -0.15) is 0 Å². The van der Waals surface area contributed by atoms with Gasteiger partial charge in [-0.3, -0.25) is 4.98 Å². The highest BCUT2D eigenvalue weighted by molar-refractivity contribution is 6.02. The highest BCUT2D eigenvalue weighted by Crippen LogP contribution is 2.38. The second-order valence-corrected chi connectivity index (χ2v) is 8.83. The summed E-state index contributed by atoms with van der Waals surface area (Å²) in [5.41, 5.74) is 11.1. The molecule has 6 heteroatoms. The smallest absolute Gasteiger partial charge is 0.140 e.